The quantitative estimate of drug-likeness (QED) is 0.686. The predicted molar refractivity (Wildman–Crippen MR) is 70.5 cm³/mol. The lowest BCUT2D eigenvalue weighted by Gasteiger charge is -2.08. The molecule has 2 aromatic carbocycles. The Hall–Kier alpha value is -2.27. The molecule has 0 radical (unpaired) electrons. The fourth-order valence-corrected chi connectivity index (χ4v) is 1.64. The van der Waals surface area contributed by atoms with Crippen molar-refractivity contribution in [3.63, 3.8) is 0 Å². The van der Waals surface area contributed by atoms with Crippen LogP contribution >= 0.6 is 11.6 Å². The summed E-state index contributed by atoms with van der Waals surface area (Å²) in [5.74, 6) is 0.418. The van der Waals surface area contributed by atoms with E-state index in [0.717, 1.165) is 5.56 Å². The Morgan fingerprint density at radius 1 is 1.21 bits per heavy atom. The van der Waals surface area contributed by atoms with Gasteiger partial charge in [-0.2, -0.15) is 0 Å². The lowest BCUT2D eigenvalue weighted by atomic mass is 10.2. The number of phenols is 1. The van der Waals surface area contributed by atoms with E-state index in [2.05, 4.69) is 0 Å². The van der Waals surface area contributed by atoms with E-state index in [0.29, 0.717) is 5.02 Å². The molecule has 0 bridgehead atoms. The van der Waals surface area contributed by atoms with Crippen molar-refractivity contribution in [1.29, 1.82) is 0 Å². The van der Waals surface area contributed by atoms with Crippen molar-refractivity contribution >= 4 is 17.3 Å². The van der Waals surface area contributed by atoms with Crippen LogP contribution in [-0.2, 0) is 6.61 Å². The summed E-state index contributed by atoms with van der Waals surface area (Å²) in [7, 11) is 0. The van der Waals surface area contributed by atoms with Gasteiger partial charge in [0.25, 0.3) is 5.69 Å². The van der Waals surface area contributed by atoms with E-state index in [1.165, 1.54) is 30.3 Å². The molecule has 0 fully saturated rings. The SMILES string of the molecule is O=[N+]([O-])c1ccc(Cl)c(OCc2ccc(O)cc2)c1. The van der Waals surface area contributed by atoms with Crippen LogP contribution in [-0.4, -0.2) is 10.0 Å². The molecule has 0 aliphatic rings. The number of nitrogens with zero attached hydrogens (tertiary/aromatic N) is 1. The number of rotatable bonds is 4. The topological polar surface area (TPSA) is 72.6 Å². The molecule has 0 atom stereocenters. The van der Waals surface area contributed by atoms with E-state index in [9.17, 15) is 10.1 Å². The standard InChI is InChI=1S/C13H10ClNO4/c14-12-6-3-10(15(17)18)7-13(12)19-8-9-1-4-11(16)5-2-9/h1-7,16H,8H2. The van der Waals surface area contributed by atoms with Gasteiger partial charge in [-0.3, -0.25) is 10.1 Å². The molecule has 0 aromatic heterocycles. The molecule has 2 aromatic rings. The predicted octanol–water partition coefficient (Wildman–Crippen LogP) is 3.53. The summed E-state index contributed by atoms with van der Waals surface area (Å²) in [5, 5.41) is 20.1. The molecule has 0 amide bonds. The molecule has 0 saturated heterocycles. The number of benzene rings is 2. The highest BCUT2D eigenvalue weighted by atomic mass is 35.5. The van der Waals surface area contributed by atoms with E-state index in [4.69, 9.17) is 21.4 Å². The normalized spacial score (nSPS) is 10.2. The number of hydrogen-bond donors (Lipinski definition) is 1. The Kier molecular flexibility index (Phi) is 3.87. The molecule has 6 heteroatoms. The van der Waals surface area contributed by atoms with Gasteiger partial charge in [-0.25, -0.2) is 0 Å². The van der Waals surface area contributed by atoms with E-state index in [-0.39, 0.29) is 23.8 Å². The van der Waals surface area contributed by atoms with Crippen molar-refractivity contribution in [2.45, 2.75) is 6.61 Å². The number of phenolic OH excluding ortho intramolecular Hbond substituents is 1. The van der Waals surface area contributed by atoms with Crippen LogP contribution in [0.5, 0.6) is 11.5 Å². The molecule has 19 heavy (non-hydrogen) atoms. The average Bonchev–Trinajstić information content (AvgIpc) is 2.39. The highest BCUT2D eigenvalue weighted by molar-refractivity contribution is 6.32. The molecular formula is C13H10ClNO4. The van der Waals surface area contributed by atoms with Gasteiger partial charge in [0.05, 0.1) is 16.0 Å². The Morgan fingerprint density at radius 3 is 2.53 bits per heavy atom. The zero-order chi connectivity index (χ0) is 13.8. The first kappa shape index (κ1) is 13.2. The molecule has 98 valence electrons. The van der Waals surface area contributed by atoms with E-state index >= 15 is 0 Å². The molecule has 2 rings (SSSR count). The van der Waals surface area contributed by atoms with Crippen molar-refractivity contribution in [1.82, 2.24) is 0 Å². The maximum Gasteiger partial charge on any atom is 0.273 e. The molecule has 0 heterocycles. The van der Waals surface area contributed by atoms with Crippen LogP contribution in [0.2, 0.25) is 5.02 Å². The summed E-state index contributed by atoms with van der Waals surface area (Å²) in [6, 6.07) is 10.5. The minimum atomic E-state index is -0.510. The van der Waals surface area contributed by atoms with Gasteiger partial charge in [-0.05, 0) is 23.8 Å². The fourth-order valence-electron chi connectivity index (χ4n) is 1.47. The van der Waals surface area contributed by atoms with Crippen molar-refractivity contribution in [3.8, 4) is 11.5 Å². The second-order valence-electron chi connectivity index (χ2n) is 3.83. The van der Waals surface area contributed by atoms with Gasteiger partial charge >= 0.3 is 0 Å². The smallest absolute Gasteiger partial charge is 0.273 e. The second kappa shape index (κ2) is 5.58. The number of ether oxygens (including phenoxy) is 1. The number of hydrogen-bond acceptors (Lipinski definition) is 4. The summed E-state index contributed by atoms with van der Waals surface area (Å²) >= 11 is 5.90. The Labute approximate surface area is 114 Å². The van der Waals surface area contributed by atoms with Crippen molar-refractivity contribution < 1.29 is 14.8 Å². The first-order valence-electron chi connectivity index (χ1n) is 5.41. The molecule has 5 nitrogen and oxygen atoms in total. The first-order chi connectivity index (χ1) is 9.06. The Balaban J connectivity index is 2.12. The number of nitro groups is 1. The third-order valence-corrected chi connectivity index (χ3v) is 2.77. The van der Waals surface area contributed by atoms with Crippen LogP contribution in [0.4, 0.5) is 5.69 Å². The van der Waals surface area contributed by atoms with Gasteiger partial charge in [-0.1, -0.05) is 23.7 Å². The highest BCUT2D eigenvalue weighted by Crippen LogP contribution is 2.29. The third kappa shape index (κ3) is 3.35. The van der Waals surface area contributed by atoms with Crippen LogP contribution in [0.3, 0.4) is 0 Å². The molecule has 0 aliphatic carbocycles. The average molecular weight is 280 g/mol. The van der Waals surface area contributed by atoms with Gasteiger partial charge < -0.3 is 9.84 Å². The van der Waals surface area contributed by atoms with Gasteiger partial charge in [-0.15, -0.1) is 0 Å². The van der Waals surface area contributed by atoms with Crippen molar-refractivity contribution in [2.75, 3.05) is 0 Å². The van der Waals surface area contributed by atoms with Gasteiger partial charge in [0.2, 0.25) is 0 Å². The van der Waals surface area contributed by atoms with Crippen molar-refractivity contribution in [2.24, 2.45) is 0 Å². The summed E-state index contributed by atoms with van der Waals surface area (Å²) < 4.78 is 5.44. The number of aromatic hydroxyl groups is 1. The van der Waals surface area contributed by atoms with Crippen LogP contribution in [0.1, 0.15) is 5.56 Å². The van der Waals surface area contributed by atoms with Gasteiger partial charge in [0.15, 0.2) is 0 Å². The van der Waals surface area contributed by atoms with Crippen LogP contribution < -0.4 is 4.74 Å². The largest absolute Gasteiger partial charge is 0.508 e. The van der Waals surface area contributed by atoms with Crippen molar-refractivity contribution in [3.05, 3.63) is 63.2 Å². The first-order valence-corrected chi connectivity index (χ1v) is 5.79. The second-order valence-corrected chi connectivity index (χ2v) is 4.23. The van der Waals surface area contributed by atoms with Gasteiger partial charge in [0.1, 0.15) is 18.1 Å². The van der Waals surface area contributed by atoms with Crippen LogP contribution in [0.15, 0.2) is 42.5 Å². The zero-order valence-corrected chi connectivity index (χ0v) is 10.5. The Morgan fingerprint density at radius 2 is 1.89 bits per heavy atom. The van der Waals surface area contributed by atoms with E-state index in [1.54, 1.807) is 12.1 Å². The maximum atomic E-state index is 10.7. The molecule has 0 aliphatic heterocycles. The zero-order valence-electron chi connectivity index (χ0n) is 9.75. The highest BCUT2D eigenvalue weighted by Gasteiger charge is 2.10. The molecule has 1 N–H and O–H groups in total. The molecule has 0 saturated carbocycles. The summed E-state index contributed by atoms with van der Waals surface area (Å²) in [4.78, 5) is 10.1. The fraction of sp³-hybridized carbons (Fsp3) is 0.0769. The monoisotopic (exact) mass is 279 g/mol. The minimum absolute atomic E-state index is 0.0786. The summed E-state index contributed by atoms with van der Waals surface area (Å²) in [6.07, 6.45) is 0. The van der Waals surface area contributed by atoms with E-state index < -0.39 is 4.92 Å². The molecule has 0 unspecified atom stereocenters. The number of halogens is 1. The third-order valence-electron chi connectivity index (χ3n) is 2.46. The Bertz CT molecular complexity index is 598. The number of nitro benzene ring substituents is 1. The molecule has 0 spiro atoms. The van der Waals surface area contributed by atoms with Crippen LogP contribution in [0, 0.1) is 10.1 Å². The summed E-state index contributed by atoms with van der Waals surface area (Å²) in [5.41, 5.74) is 0.741. The number of non-ortho nitro benzene ring substituents is 1. The maximum absolute atomic E-state index is 10.7. The van der Waals surface area contributed by atoms with E-state index in [1.807, 2.05) is 0 Å². The van der Waals surface area contributed by atoms with Crippen LogP contribution in [0.25, 0.3) is 0 Å². The lowest BCUT2D eigenvalue weighted by Crippen LogP contribution is -1.97. The van der Waals surface area contributed by atoms with Gasteiger partial charge in [0, 0.05) is 6.07 Å². The summed E-state index contributed by atoms with van der Waals surface area (Å²) in [6.45, 7) is 0.209. The lowest BCUT2D eigenvalue weighted by molar-refractivity contribution is -0.384. The minimum Gasteiger partial charge on any atom is -0.508 e. The molecular weight excluding hydrogens is 270 g/mol.